The van der Waals surface area contributed by atoms with E-state index in [4.69, 9.17) is 4.74 Å². The fraction of sp³-hybridized carbons (Fsp3) is 0.500. The van der Waals surface area contributed by atoms with Crippen molar-refractivity contribution in [2.75, 3.05) is 7.05 Å². The zero-order valence-electron chi connectivity index (χ0n) is 16.5. The zero-order chi connectivity index (χ0) is 20.5. The molecule has 0 amide bonds. The summed E-state index contributed by atoms with van der Waals surface area (Å²) >= 11 is 0.982. The highest BCUT2D eigenvalue weighted by Crippen LogP contribution is 2.46. The number of aromatic nitrogens is 1. The number of alkyl halides is 3. The van der Waals surface area contributed by atoms with E-state index in [2.05, 4.69) is 20.6 Å². The number of hydrogen-bond donors (Lipinski definition) is 2. The van der Waals surface area contributed by atoms with Gasteiger partial charge < -0.3 is 15.4 Å². The van der Waals surface area contributed by atoms with Gasteiger partial charge in [-0.15, -0.1) is 35.3 Å². The summed E-state index contributed by atoms with van der Waals surface area (Å²) in [6.45, 7) is 0.177. The Morgan fingerprint density at radius 3 is 2.70 bits per heavy atom. The minimum Gasteiger partial charge on any atom is -0.487 e. The second-order valence-corrected chi connectivity index (χ2v) is 8.42. The third-order valence-electron chi connectivity index (χ3n) is 5.50. The van der Waals surface area contributed by atoms with E-state index < -0.39 is 11.9 Å². The van der Waals surface area contributed by atoms with Gasteiger partial charge in [0.05, 0.1) is 12.6 Å². The fourth-order valence-corrected chi connectivity index (χ4v) is 4.85. The second-order valence-electron chi connectivity index (χ2n) is 7.48. The van der Waals surface area contributed by atoms with Crippen LogP contribution in [0.1, 0.15) is 54.4 Å². The largest absolute Gasteiger partial charge is 0.487 e. The molecule has 164 valence electrons. The van der Waals surface area contributed by atoms with Crippen LogP contribution in [0.2, 0.25) is 0 Å². The van der Waals surface area contributed by atoms with Gasteiger partial charge in [0.15, 0.2) is 11.7 Å². The number of para-hydroxylation sites is 1. The summed E-state index contributed by atoms with van der Waals surface area (Å²) in [5.41, 5.74) is 0.0623. The van der Waals surface area contributed by atoms with Crippen LogP contribution in [0.25, 0.3) is 0 Å². The van der Waals surface area contributed by atoms with Crippen LogP contribution in [-0.4, -0.2) is 23.6 Å². The van der Waals surface area contributed by atoms with Gasteiger partial charge in [-0.1, -0.05) is 18.2 Å². The third kappa shape index (κ3) is 5.01. The van der Waals surface area contributed by atoms with Crippen LogP contribution in [0.5, 0.6) is 5.75 Å². The smallest absolute Gasteiger partial charge is 0.434 e. The lowest BCUT2D eigenvalue weighted by atomic mass is 9.86. The molecule has 1 aromatic carbocycles. The lowest BCUT2D eigenvalue weighted by Crippen LogP contribution is -2.46. The molecule has 0 saturated heterocycles. The maximum Gasteiger partial charge on any atom is 0.434 e. The minimum absolute atomic E-state index is 0. The van der Waals surface area contributed by atoms with Crippen molar-refractivity contribution in [2.24, 2.45) is 4.99 Å². The summed E-state index contributed by atoms with van der Waals surface area (Å²) in [6, 6.07) is 8.00. The molecule has 2 heterocycles. The highest BCUT2D eigenvalue weighted by molar-refractivity contribution is 14.0. The maximum absolute atomic E-state index is 12.7. The SMILES string of the molecule is CN=C(NCc1nc(C(F)(F)F)cs1)NC1CC2(CCCC2)Oc2ccccc21.I. The van der Waals surface area contributed by atoms with Crippen LogP contribution in [0.4, 0.5) is 13.2 Å². The third-order valence-corrected chi connectivity index (χ3v) is 6.34. The number of thiazole rings is 1. The summed E-state index contributed by atoms with van der Waals surface area (Å²) < 4.78 is 44.6. The van der Waals surface area contributed by atoms with Gasteiger partial charge in [0, 0.05) is 24.4 Å². The summed E-state index contributed by atoms with van der Waals surface area (Å²) in [7, 11) is 1.65. The molecular formula is C20H24F3IN4OS. The Balaban J connectivity index is 0.00000256. The van der Waals surface area contributed by atoms with E-state index >= 15 is 0 Å². The Kier molecular flexibility index (Phi) is 7.16. The van der Waals surface area contributed by atoms with Crippen LogP contribution < -0.4 is 15.4 Å². The molecule has 10 heteroatoms. The molecule has 1 saturated carbocycles. The van der Waals surface area contributed by atoms with E-state index in [1.165, 1.54) is 0 Å². The van der Waals surface area contributed by atoms with Gasteiger partial charge in [-0.3, -0.25) is 4.99 Å². The van der Waals surface area contributed by atoms with Crippen molar-refractivity contribution in [3.63, 3.8) is 0 Å². The molecule has 1 aliphatic carbocycles. The quantitative estimate of drug-likeness (QED) is 0.309. The first-order valence-corrected chi connectivity index (χ1v) is 10.5. The van der Waals surface area contributed by atoms with E-state index in [-0.39, 0.29) is 42.2 Å². The Labute approximate surface area is 194 Å². The number of nitrogens with one attached hydrogen (secondary N) is 2. The molecule has 4 rings (SSSR count). The predicted octanol–water partition coefficient (Wildman–Crippen LogP) is 5.28. The van der Waals surface area contributed by atoms with Gasteiger partial charge in [0.25, 0.3) is 0 Å². The zero-order valence-corrected chi connectivity index (χ0v) is 19.6. The fourth-order valence-electron chi connectivity index (χ4n) is 4.11. The molecule has 0 radical (unpaired) electrons. The van der Waals surface area contributed by atoms with Crippen molar-refractivity contribution in [3.05, 3.63) is 45.9 Å². The van der Waals surface area contributed by atoms with Crippen LogP contribution in [0.3, 0.4) is 0 Å². The molecule has 5 nitrogen and oxygen atoms in total. The number of aliphatic imine (C=N–C) groups is 1. The van der Waals surface area contributed by atoms with Crippen molar-refractivity contribution in [3.8, 4) is 5.75 Å². The van der Waals surface area contributed by atoms with E-state index in [9.17, 15) is 13.2 Å². The normalized spacial score (nSPS) is 20.3. The number of hydrogen-bond acceptors (Lipinski definition) is 4. The Morgan fingerprint density at radius 1 is 1.30 bits per heavy atom. The standard InChI is InChI=1S/C20H23F3N4OS.HI/c1-24-18(25-11-17-27-16(12-29-17)20(21,22)23)26-14-10-19(8-4-5-9-19)28-15-7-3-2-6-13(14)15;/h2-3,6-7,12,14H,4-5,8-11H2,1H3,(H2,24,25,26);1H. The van der Waals surface area contributed by atoms with Gasteiger partial charge in [-0.05, 0) is 31.7 Å². The van der Waals surface area contributed by atoms with Crippen LogP contribution in [0.15, 0.2) is 34.6 Å². The topological polar surface area (TPSA) is 58.5 Å². The molecule has 30 heavy (non-hydrogen) atoms. The van der Waals surface area contributed by atoms with Crippen molar-refractivity contribution < 1.29 is 17.9 Å². The van der Waals surface area contributed by atoms with Gasteiger partial charge >= 0.3 is 6.18 Å². The van der Waals surface area contributed by atoms with Crippen molar-refractivity contribution in [1.29, 1.82) is 0 Å². The van der Waals surface area contributed by atoms with E-state index in [1.54, 1.807) is 7.05 Å². The first kappa shape index (κ1) is 23.1. The Morgan fingerprint density at radius 2 is 2.03 bits per heavy atom. The number of nitrogens with zero attached hydrogens (tertiary/aromatic N) is 2. The summed E-state index contributed by atoms with van der Waals surface area (Å²) in [5, 5.41) is 7.91. The lowest BCUT2D eigenvalue weighted by Gasteiger charge is -2.40. The number of ether oxygens (including phenoxy) is 1. The van der Waals surface area contributed by atoms with Crippen LogP contribution >= 0.6 is 35.3 Å². The average molecular weight is 552 g/mol. The number of halogens is 4. The molecule has 2 N–H and O–H groups in total. The average Bonchev–Trinajstić information content (AvgIpc) is 3.34. The first-order valence-electron chi connectivity index (χ1n) is 9.65. The molecule has 0 bridgehead atoms. The molecule has 1 spiro atoms. The summed E-state index contributed by atoms with van der Waals surface area (Å²) in [5.74, 6) is 1.42. The predicted molar refractivity (Wildman–Crippen MR) is 121 cm³/mol. The molecule has 1 fully saturated rings. The molecule has 1 unspecified atom stereocenters. The molecular weight excluding hydrogens is 528 g/mol. The van der Waals surface area contributed by atoms with Crippen molar-refractivity contribution in [1.82, 2.24) is 15.6 Å². The van der Waals surface area contributed by atoms with Crippen molar-refractivity contribution in [2.45, 2.75) is 56.5 Å². The maximum atomic E-state index is 12.7. The summed E-state index contributed by atoms with van der Waals surface area (Å²) in [4.78, 5) is 7.91. The van der Waals surface area contributed by atoms with Gasteiger partial charge in [0.2, 0.25) is 0 Å². The Bertz CT molecular complexity index is 896. The molecule has 1 atom stereocenters. The van der Waals surface area contributed by atoms with E-state index in [0.717, 1.165) is 60.1 Å². The monoisotopic (exact) mass is 552 g/mol. The van der Waals surface area contributed by atoms with Crippen molar-refractivity contribution >= 4 is 41.3 Å². The molecule has 2 aromatic rings. The van der Waals surface area contributed by atoms with E-state index in [1.807, 2.05) is 24.3 Å². The molecule has 1 aromatic heterocycles. The highest BCUT2D eigenvalue weighted by atomic mass is 127. The number of benzene rings is 1. The lowest BCUT2D eigenvalue weighted by molar-refractivity contribution is -0.140. The van der Waals surface area contributed by atoms with Gasteiger partial charge in [0.1, 0.15) is 16.4 Å². The highest BCUT2D eigenvalue weighted by Gasteiger charge is 2.43. The van der Waals surface area contributed by atoms with Crippen LogP contribution in [-0.2, 0) is 12.7 Å². The number of fused-ring (bicyclic) bond motifs is 1. The van der Waals surface area contributed by atoms with Crippen LogP contribution in [0, 0.1) is 0 Å². The second kappa shape index (κ2) is 9.29. The van der Waals surface area contributed by atoms with E-state index in [0.29, 0.717) is 11.0 Å². The molecule has 2 aliphatic rings. The minimum atomic E-state index is -4.42. The van der Waals surface area contributed by atoms with Gasteiger partial charge in [-0.25, -0.2) is 4.98 Å². The van der Waals surface area contributed by atoms with Gasteiger partial charge in [-0.2, -0.15) is 13.2 Å². The number of guanidine groups is 1. The first-order chi connectivity index (χ1) is 13.9. The number of rotatable bonds is 3. The summed E-state index contributed by atoms with van der Waals surface area (Å²) in [6.07, 6.45) is 0.799. The Hall–Kier alpha value is -1.56. The molecule has 1 aliphatic heterocycles.